The Morgan fingerprint density at radius 2 is 1.59 bits per heavy atom. The molecule has 0 spiro atoms. The van der Waals surface area contributed by atoms with E-state index >= 15 is 0 Å². The van der Waals surface area contributed by atoms with E-state index in [2.05, 4.69) is 10.2 Å². The Balaban J connectivity index is 1.37. The molecule has 2 aromatic rings. The zero-order valence-corrected chi connectivity index (χ0v) is 19.9. The second-order valence-electron chi connectivity index (χ2n) is 8.82. The number of hydrogen-bond acceptors (Lipinski definition) is 5. The van der Waals surface area contributed by atoms with Crippen molar-refractivity contribution in [3.63, 3.8) is 0 Å². The largest absolute Gasteiger partial charge is 0.336 e. The van der Waals surface area contributed by atoms with Crippen molar-refractivity contribution in [3.05, 3.63) is 59.9 Å². The van der Waals surface area contributed by atoms with Crippen LogP contribution < -0.4 is 5.32 Å². The fourth-order valence-electron chi connectivity index (χ4n) is 4.26. The smallest absolute Gasteiger partial charge is 0.253 e. The first kappa shape index (κ1) is 24.3. The van der Waals surface area contributed by atoms with E-state index in [1.807, 2.05) is 11.9 Å². The lowest BCUT2D eigenvalue weighted by atomic mass is 9.98. The number of nitrogens with zero attached hydrogens (tertiary/aromatic N) is 3. The standard InChI is InChI=1S/C24H29FN4O4S/c1-27-13-15-28(16-14-27)24(31)18-4-8-21(9-5-18)26-23(30)19-3-2-12-29(17-19)34(32,33)22-10-6-20(25)7-11-22/h4-11,19H,2-3,12-17H2,1H3,(H,26,30). The second-order valence-corrected chi connectivity index (χ2v) is 10.8. The van der Waals surface area contributed by atoms with Crippen molar-refractivity contribution >= 4 is 27.5 Å². The lowest BCUT2D eigenvalue weighted by Crippen LogP contribution is -2.47. The fraction of sp³-hybridized carbons (Fsp3) is 0.417. The number of nitrogens with one attached hydrogen (secondary N) is 1. The number of piperidine rings is 1. The van der Waals surface area contributed by atoms with Gasteiger partial charge in [0.25, 0.3) is 5.91 Å². The molecule has 2 aromatic carbocycles. The molecule has 1 atom stereocenters. The van der Waals surface area contributed by atoms with E-state index in [-0.39, 0.29) is 23.3 Å². The van der Waals surface area contributed by atoms with Crippen LogP contribution in [-0.2, 0) is 14.8 Å². The number of anilines is 1. The minimum absolute atomic E-state index is 0.00978. The van der Waals surface area contributed by atoms with E-state index < -0.39 is 21.8 Å². The number of likely N-dealkylation sites (N-methyl/N-ethyl adjacent to an activating group) is 1. The van der Waals surface area contributed by atoms with Crippen molar-refractivity contribution in [3.8, 4) is 0 Å². The molecule has 8 nitrogen and oxygen atoms in total. The van der Waals surface area contributed by atoms with Crippen LogP contribution in [0.4, 0.5) is 10.1 Å². The summed E-state index contributed by atoms with van der Waals surface area (Å²) in [5.74, 6) is -1.31. The topological polar surface area (TPSA) is 90.0 Å². The van der Waals surface area contributed by atoms with Gasteiger partial charge in [-0.1, -0.05) is 0 Å². The number of hydrogen-bond donors (Lipinski definition) is 1. The molecule has 2 saturated heterocycles. The Kier molecular flexibility index (Phi) is 7.30. The number of piperazine rings is 1. The highest BCUT2D eigenvalue weighted by Crippen LogP contribution is 2.25. The summed E-state index contributed by atoms with van der Waals surface area (Å²) in [7, 11) is -1.78. The Hall–Kier alpha value is -2.82. The maximum Gasteiger partial charge on any atom is 0.253 e. The Labute approximate surface area is 199 Å². The van der Waals surface area contributed by atoms with Crippen LogP contribution in [-0.4, -0.2) is 80.7 Å². The van der Waals surface area contributed by atoms with Crippen molar-refractivity contribution in [1.82, 2.24) is 14.1 Å². The summed E-state index contributed by atoms with van der Waals surface area (Å²) in [5.41, 5.74) is 1.12. The normalized spacial score (nSPS) is 20.2. The molecule has 4 rings (SSSR count). The minimum Gasteiger partial charge on any atom is -0.336 e. The van der Waals surface area contributed by atoms with Gasteiger partial charge in [-0.15, -0.1) is 0 Å². The molecule has 2 fully saturated rings. The van der Waals surface area contributed by atoms with Crippen molar-refractivity contribution in [2.75, 3.05) is 51.6 Å². The number of rotatable bonds is 5. The van der Waals surface area contributed by atoms with Gasteiger partial charge in [-0.3, -0.25) is 9.59 Å². The zero-order valence-electron chi connectivity index (χ0n) is 19.1. The highest BCUT2D eigenvalue weighted by Gasteiger charge is 2.33. The molecule has 2 amide bonds. The summed E-state index contributed by atoms with van der Waals surface area (Å²) in [6, 6.07) is 11.5. The predicted octanol–water partition coefficient (Wildman–Crippen LogP) is 2.25. The third-order valence-electron chi connectivity index (χ3n) is 6.40. The van der Waals surface area contributed by atoms with Gasteiger partial charge in [0.05, 0.1) is 10.8 Å². The van der Waals surface area contributed by atoms with Crippen LogP contribution in [0.5, 0.6) is 0 Å². The van der Waals surface area contributed by atoms with Crippen LogP contribution in [0.2, 0.25) is 0 Å². The highest BCUT2D eigenvalue weighted by atomic mass is 32.2. The Morgan fingerprint density at radius 3 is 2.24 bits per heavy atom. The summed E-state index contributed by atoms with van der Waals surface area (Å²) in [6.07, 6.45) is 1.12. The number of benzene rings is 2. The van der Waals surface area contributed by atoms with Gasteiger partial charge < -0.3 is 15.1 Å². The lowest BCUT2D eigenvalue weighted by Gasteiger charge is -2.32. The molecule has 0 bridgehead atoms. The van der Waals surface area contributed by atoms with Crippen molar-refractivity contribution in [1.29, 1.82) is 0 Å². The van der Waals surface area contributed by atoms with E-state index in [9.17, 15) is 22.4 Å². The number of halogens is 1. The average molecular weight is 489 g/mol. The van der Waals surface area contributed by atoms with Crippen molar-refractivity contribution < 1.29 is 22.4 Å². The van der Waals surface area contributed by atoms with E-state index in [1.165, 1.54) is 16.4 Å². The maximum atomic E-state index is 13.2. The Morgan fingerprint density at radius 1 is 0.941 bits per heavy atom. The average Bonchev–Trinajstić information content (AvgIpc) is 2.85. The summed E-state index contributed by atoms with van der Waals surface area (Å²) in [5, 5.41) is 2.84. The van der Waals surface area contributed by atoms with Crippen LogP contribution in [0.3, 0.4) is 0 Å². The fourth-order valence-corrected chi connectivity index (χ4v) is 5.79. The number of sulfonamides is 1. The van der Waals surface area contributed by atoms with Gasteiger partial charge in [-0.2, -0.15) is 4.31 Å². The first-order valence-electron chi connectivity index (χ1n) is 11.4. The summed E-state index contributed by atoms with van der Waals surface area (Å²) >= 11 is 0. The molecule has 10 heteroatoms. The first-order chi connectivity index (χ1) is 16.2. The zero-order chi connectivity index (χ0) is 24.3. The summed E-state index contributed by atoms with van der Waals surface area (Å²) in [4.78, 5) is 29.6. The highest BCUT2D eigenvalue weighted by molar-refractivity contribution is 7.89. The molecule has 0 aliphatic carbocycles. The van der Waals surface area contributed by atoms with E-state index in [4.69, 9.17) is 0 Å². The second kappa shape index (κ2) is 10.2. The number of amides is 2. The molecule has 182 valence electrons. The van der Waals surface area contributed by atoms with E-state index in [1.54, 1.807) is 24.3 Å². The van der Waals surface area contributed by atoms with Crippen LogP contribution in [0, 0.1) is 11.7 Å². The quantitative estimate of drug-likeness (QED) is 0.697. The molecular formula is C24H29FN4O4S. The van der Waals surface area contributed by atoms with Crippen molar-refractivity contribution in [2.45, 2.75) is 17.7 Å². The van der Waals surface area contributed by atoms with Gasteiger partial charge in [0, 0.05) is 50.5 Å². The van der Waals surface area contributed by atoms with Gasteiger partial charge in [-0.25, -0.2) is 12.8 Å². The minimum atomic E-state index is -3.81. The molecule has 1 N–H and O–H groups in total. The number of carbonyl (C=O) groups is 2. The third-order valence-corrected chi connectivity index (χ3v) is 8.28. The number of carbonyl (C=O) groups excluding carboxylic acids is 2. The molecule has 1 unspecified atom stereocenters. The maximum absolute atomic E-state index is 13.2. The lowest BCUT2D eigenvalue weighted by molar-refractivity contribution is -0.120. The Bertz CT molecular complexity index is 1130. The predicted molar refractivity (Wildman–Crippen MR) is 126 cm³/mol. The molecular weight excluding hydrogens is 459 g/mol. The van der Waals surface area contributed by atoms with Crippen molar-refractivity contribution in [2.24, 2.45) is 5.92 Å². The van der Waals surface area contributed by atoms with Crippen LogP contribution in [0.1, 0.15) is 23.2 Å². The molecule has 2 heterocycles. The molecule has 0 radical (unpaired) electrons. The van der Waals surface area contributed by atoms with E-state index in [0.717, 1.165) is 25.2 Å². The summed E-state index contributed by atoms with van der Waals surface area (Å²) < 4.78 is 40.3. The van der Waals surface area contributed by atoms with Gasteiger partial charge in [-0.05, 0) is 68.4 Å². The molecule has 34 heavy (non-hydrogen) atoms. The molecule has 2 aliphatic rings. The SMILES string of the molecule is CN1CCN(C(=O)c2ccc(NC(=O)C3CCCN(S(=O)(=O)c4ccc(F)cc4)C3)cc2)CC1. The van der Waals surface area contributed by atoms with Gasteiger partial charge in [0.2, 0.25) is 15.9 Å². The van der Waals surface area contributed by atoms with Gasteiger partial charge in [0.1, 0.15) is 5.82 Å². The first-order valence-corrected chi connectivity index (χ1v) is 12.8. The van der Waals surface area contributed by atoms with Gasteiger partial charge >= 0.3 is 0 Å². The van der Waals surface area contributed by atoms with Gasteiger partial charge in [0.15, 0.2) is 0 Å². The molecule has 0 aromatic heterocycles. The monoisotopic (exact) mass is 488 g/mol. The van der Waals surface area contributed by atoms with E-state index in [0.29, 0.717) is 43.7 Å². The molecule has 0 saturated carbocycles. The van der Waals surface area contributed by atoms with Crippen LogP contribution >= 0.6 is 0 Å². The summed E-state index contributed by atoms with van der Waals surface area (Å²) in [6.45, 7) is 3.43. The molecule has 2 aliphatic heterocycles. The van der Waals surface area contributed by atoms with Crippen LogP contribution in [0.15, 0.2) is 53.4 Å². The third kappa shape index (κ3) is 5.45. The van der Waals surface area contributed by atoms with Crippen LogP contribution in [0.25, 0.3) is 0 Å².